The van der Waals surface area contributed by atoms with Crippen LogP contribution in [0.4, 0.5) is 11.4 Å². The van der Waals surface area contributed by atoms with Gasteiger partial charge in [0.05, 0.1) is 18.5 Å². The number of nitrogens with zero attached hydrogens (tertiary/aromatic N) is 4. The van der Waals surface area contributed by atoms with Crippen molar-refractivity contribution < 1.29 is 9.02 Å². The number of benzene rings is 2. The Balaban J connectivity index is 1.46. The van der Waals surface area contributed by atoms with Crippen molar-refractivity contribution in [1.82, 2.24) is 14.8 Å². The van der Waals surface area contributed by atoms with Crippen LogP contribution in [0.2, 0.25) is 5.02 Å². The lowest BCUT2D eigenvalue weighted by Gasteiger charge is -2.35. The Morgan fingerprint density at radius 1 is 1.08 bits per heavy atom. The van der Waals surface area contributed by atoms with E-state index in [4.69, 9.17) is 26.4 Å². The van der Waals surface area contributed by atoms with E-state index in [1.165, 1.54) is 16.7 Å². The maximum Gasteiger partial charge on any atom is 0.316 e. The summed E-state index contributed by atoms with van der Waals surface area (Å²) >= 11 is 7.53. The van der Waals surface area contributed by atoms with Gasteiger partial charge in [-0.25, -0.2) is 4.28 Å². The standard InChI is InChI=1S/C26H32ClN5O3S/c1-26(2,3)18-34-24-23(16-29-32(25(24)33)22-9-5-7-20(27)15-22)30-10-12-31(13-11-30)35-36-17-19-6-4-8-21(28)14-19/h4-9,14-16H,10-13,17-18,28H2,1-3H3. The van der Waals surface area contributed by atoms with E-state index in [0.29, 0.717) is 60.7 Å². The average Bonchev–Trinajstić information content (AvgIpc) is 2.83. The lowest BCUT2D eigenvalue weighted by molar-refractivity contribution is -0.0415. The van der Waals surface area contributed by atoms with Gasteiger partial charge in [0, 0.05) is 54.7 Å². The van der Waals surface area contributed by atoms with Crippen molar-refractivity contribution in [1.29, 1.82) is 0 Å². The van der Waals surface area contributed by atoms with E-state index in [2.05, 4.69) is 30.8 Å². The molecule has 0 atom stereocenters. The smallest absolute Gasteiger partial charge is 0.316 e. The number of nitrogen functional groups attached to an aromatic ring is 1. The quantitative estimate of drug-likeness (QED) is 0.329. The maximum absolute atomic E-state index is 13.5. The fourth-order valence-corrected chi connectivity index (χ4v) is 4.58. The third kappa shape index (κ3) is 6.94. The zero-order chi connectivity index (χ0) is 25.7. The van der Waals surface area contributed by atoms with Gasteiger partial charge in [0.1, 0.15) is 5.69 Å². The van der Waals surface area contributed by atoms with Gasteiger partial charge in [-0.15, -0.1) is 0 Å². The van der Waals surface area contributed by atoms with Gasteiger partial charge in [-0.05, 0) is 41.3 Å². The fourth-order valence-electron chi connectivity index (χ4n) is 3.73. The Hall–Kier alpha value is -2.72. The molecule has 0 aliphatic carbocycles. The molecule has 1 saturated heterocycles. The van der Waals surface area contributed by atoms with Gasteiger partial charge < -0.3 is 15.4 Å². The monoisotopic (exact) mass is 529 g/mol. The number of ether oxygens (including phenoxy) is 1. The highest BCUT2D eigenvalue weighted by molar-refractivity contribution is 7.93. The minimum absolute atomic E-state index is 0.110. The van der Waals surface area contributed by atoms with E-state index >= 15 is 0 Å². The van der Waals surface area contributed by atoms with Crippen LogP contribution in [0.5, 0.6) is 5.75 Å². The first kappa shape index (κ1) is 26.3. The van der Waals surface area contributed by atoms with Crippen molar-refractivity contribution in [2.24, 2.45) is 5.41 Å². The zero-order valence-electron chi connectivity index (χ0n) is 20.8. The van der Waals surface area contributed by atoms with Gasteiger partial charge in [-0.3, -0.25) is 4.79 Å². The fraction of sp³-hybridized carbons (Fsp3) is 0.385. The van der Waals surface area contributed by atoms with E-state index in [9.17, 15) is 4.79 Å². The van der Waals surface area contributed by atoms with Gasteiger partial charge in [0.25, 0.3) is 0 Å². The molecule has 1 aromatic heterocycles. The first-order chi connectivity index (χ1) is 17.2. The van der Waals surface area contributed by atoms with Crippen molar-refractivity contribution in [3.05, 3.63) is 75.7 Å². The molecule has 0 amide bonds. The summed E-state index contributed by atoms with van der Waals surface area (Å²) in [7, 11) is 0. The molecule has 1 aliphatic heterocycles. The molecule has 2 aromatic carbocycles. The first-order valence-corrected chi connectivity index (χ1v) is 13.1. The number of hydrogen-bond acceptors (Lipinski definition) is 8. The van der Waals surface area contributed by atoms with Crippen LogP contribution in [0.25, 0.3) is 5.69 Å². The molecule has 36 heavy (non-hydrogen) atoms. The molecule has 3 aromatic rings. The summed E-state index contributed by atoms with van der Waals surface area (Å²) in [4.78, 5) is 15.6. The second-order valence-corrected chi connectivity index (χ2v) is 11.0. The van der Waals surface area contributed by atoms with Crippen LogP contribution in [0.3, 0.4) is 0 Å². The second-order valence-electron chi connectivity index (χ2n) is 9.90. The molecule has 0 saturated carbocycles. The van der Waals surface area contributed by atoms with Crippen molar-refractivity contribution in [2.45, 2.75) is 26.5 Å². The molecule has 1 fully saturated rings. The molecule has 0 radical (unpaired) electrons. The predicted octanol–water partition coefficient (Wildman–Crippen LogP) is 4.80. The number of hydrogen-bond donors (Lipinski definition) is 1. The Bertz CT molecular complexity index is 1240. The molecular formula is C26H32ClN5O3S. The van der Waals surface area contributed by atoms with Crippen molar-refractivity contribution >= 4 is 35.0 Å². The summed E-state index contributed by atoms with van der Waals surface area (Å²) in [5.74, 6) is 1.01. The van der Waals surface area contributed by atoms with E-state index in [-0.39, 0.29) is 11.0 Å². The normalized spacial score (nSPS) is 14.7. The number of rotatable bonds is 8. The van der Waals surface area contributed by atoms with Gasteiger partial charge in [0.2, 0.25) is 5.75 Å². The Kier molecular flexibility index (Phi) is 8.46. The molecule has 10 heteroatoms. The summed E-state index contributed by atoms with van der Waals surface area (Å²) < 4.78 is 13.4. The molecule has 1 aliphatic rings. The maximum atomic E-state index is 13.5. The Morgan fingerprint density at radius 2 is 1.83 bits per heavy atom. The Labute approximate surface area is 221 Å². The van der Waals surface area contributed by atoms with E-state index in [0.717, 1.165) is 11.3 Å². The number of aromatic nitrogens is 2. The predicted molar refractivity (Wildman–Crippen MR) is 147 cm³/mol. The summed E-state index contributed by atoms with van der Waals surface area (Å²) in [6, 6.07) is 14.9. The molecule has 0 unspecified atom stereocenters. The summed E-state index contributed by atoms with van der Waals surface area (Å²) in [6.45, 7) is 9.32. The number of halogens is 1. The molecule has 2 N–H and O–H groups in total. The molecule has 8 nitrogen and oxygen atoms in total. The highest BCUT2D eigenvalue weighted by Gasteiger charge is 2.25. The summed E-state index contributed by atoms with van der Waals surface area (Å²) in [6.07, 6.45) is 1.70. The third-order valence-electron chi connectivity index (χ3n) is 5.53. The Morgan fingerprint density at radius 3 is 2.53 bits per heavy atom. The average molecular weight is 530 g/mol. The molecular weight excluding hydrogens is 498 g/mol. The first-order valence-electron chi connectivity index (χ1n) is 11.8. The zero-order valence-corrected chi connectivity index (χ0v) is 22.4. The lowest BCUT2D eigenvalue weighted by Crippen LogP contribution is -2.46. The molecule has 4 rings (SSSR count). The summed E-state index contributed by atoms with van der Waals surface area (Å²) in [5.41, 5.74) is 8.58. The van der Waals surface area contributed by atoms with Crippen LogP contribution < -0.4 is 20.9 Å². The van der Waals surface area contributed by atoms with Crippen LogP contribution >= 0.6 is 23.6 Å². The minimum atomic E-state index is -0.310. The molecule has 0 spiro atoms. The van der Waals surface area contributed by atoms with Crippen LogP contribution in [0.15, 0.2) is 59.5 Å². The van der Waals surface area contributed by atoms with E-state index in [1.807, 2.05) is 29.3 Å². The van der Waals surface area contributed by atoms with Gasteiger partial charge in [0.15, 0.2) is 0 Å². The van der Waals surface area contributed by atoms with E-state index < -0.39 is 0 Å². The largest absolute Gasteiger partial charge is 0.486 e. The van der Waals surface area contributed by atoms with Gasteiger partial charge in [-0.2, -0.15) is 14.8 Å². The number of hydroxylamine groups is 2. The van der Waals surface area contributed by atoms with Crippen molar-refractivity contribution in [3.63, 3.8) is 0 Å². The van der Waals surface area contributed by atoms with Crippen molar-refractivity contribution in [3.8, 4) is 11.4 Å². The van der Waals surface area contributed by atoms with Crippen molar-refractivity contribution in [2.75, 3.05) is 43.4 Å². The minimum Gasteiger partial charge on any atom is -0.486 e. The van der Waals surface area contributed by atoms with Crippen LogP contribution in [0.1, 0.15) is 26.3 Å². The lowest BCUT2D eigenvalue weighted by atomic mass is 9.99. The number of piperazine rings is 1. The van der Waals surface area contributed by atoms with E-state index in [1.54, 1.807) is 30.5 Å². The van der Waals surface area contributed by atoms with Gasteiger partial charge >= 0.3 is 5.56 Å². The second kappa shape index (κ2) is 11.6. The highest BCUT2D eigenvalue weighted by Crippen LogP contribution is 2.28. The third-order valence-corrected chi connectivity index (χ3v) is 6.53. The topological polar surface area (TPSA) is 85.8 Å². The molecule has 2 heterocycles. The highest BCUT2D eigenvalue weighted by atomic mass is 35.5. The van der Waals surface area contributed by atoms with Crippen LogP contribution in [-0.4, -0.2) is 47.6 Å². The van der Waals surface area contributed by atoms with Crippen LogP contribution in [-0.2, 0) is 10.0 Å². The number of anilines is 2. The molecule has 0 bridgehead atoms. The van der Waals surface area contributed by atoms with Crippen LogP contribution in [0, 0.1) is 5.41 Å². The molecule has 192 valence electrons. The number of nitrogens with two attached hydrogens (primary N) is 1. The van der Waals surface area contributed by atoms with Gasteiger partial charge in [-0.1, -0.05) is 50.6 Å². The summed E-state index contributed by atoms with van der Waals surface area (Å²) in [5, 5.41) is 6.91. The SMILES string of the molecule is CC(C)(C)COc1c(N2CCN(OSCc3cccc(N)c3)CC2)cnn(-c2cccc(Cl)c2)c1=O.